The van der Waals surface area contributed by atoms with Crippen molar-refractivity contribution in [2.75, 3.05) is 13.2 Å². The van der Waals surface area contributed by atoms with E-state index in [9.17, 15) is 18.8 Å². The van der Waals surface area contributed by atoms with E-state index in [2.05, 4.69) is 6.07 Å². The summed E-state index contributed by atoms with van der Waals surface area (Å²) in [5.74, 6) is -1.59. The minimum atomic E-state index is -0.436. The van der Waals surface area contributed by atoms with Gasteiger partial charge < -0.3 is 9.64 Å². The van der Waals surface area contributed by atoms with Gasteiger partial charge in [0.1, 0.15) is 5.82 Å². The molecule has 3 aromatic carbocycles. The Labute approximate surface area is 213 Å². The monoisotopic (exact) mass is 497 g/mol. The van der Waals surface area contributed by atoms with Crippen molar-refractivity contribution in [3.63, 3.8) is 0 Å². The minimum Gasteiger partial charge on any atom is -0.376 e. The number of amides is 3. The summed E-state index contributed by atoms with van der Waals surface area (Å²) in [5.41, 5.74) is 2.61. The predicted octanol–water partition coefficient (Wildman–Crippen LogP) is 4.31. The van der Waals surface area contributed by atoms with Crippen molar-refractivity contribution in [1.82, 2.24) is 9.80 Å². The first-order chi connectivity index (χ1) is 17.9. The van der Waals surface area contributed by atoms with E-state index in [4.69, 9.17) is 10.00 Å². The number of carbonyl (C=O) groups is 3. The van der Waals surface area contributed by atoms with Gasteiger partial charge >= 0.3 is 0 Å². The van der Waals surface area contributed by atoms with Crippen molar-refractivity contribution in [3.05, 3.63) is 106 Å². The molecule has 2 aliphatic heterocycles. The third kappa shape index (κ3) is 5.13. The Bertz CT molecular complexity index is 1410. The van der Waals surface area contributed by atoms with Crippen LogP contribution in [0.25, 0.3) is 0 Å². The second-order valence-corrected chi connectivity index (χ2v) is 9.22. The zero-order chi connectivity index (χ0) is 25.9. The highest BCUT2D eigenvalue weighted by molar-refractivity contribution is 6.22. The Morgan fingerprint density at radius 3 is 2.46 bits per heavy atom. The van der Waals surface area contributed by atoms with Crippen molar-refractivity contribution in [2.45, 2.75) is 32.0 Å². The number of halogens is 1. The van der Waals surface area contributed by atoms with Crippen molar-refractivity contribution in [2.24, 2.45) is 0 Å². The summed E-state index contributed by atoms with van der Waals surface area (Å²) in [6.45, 7) is 1.15. The van der Waals surface area contributed by atoms with E-state index in [1.165, 1.54) is 29.2 Å². The molecule has 186 valence electrons. The van der Waals surface area contributed by atoms with Crippen LogP contribution in [0.3, 0.4) is 0 Å². The van der Waals surface area contributed by atoms with Gasteiger partial charge in [-0.1, -0.05) is 24.3 Å². The van der Waals surface area contributed by atoms with Gasteiger partial charge in [-0.15, -0.1) is 0 Å². The molecular formula is C29H24FN3O4. The van der Waals surface area contributed by atoms with E-state index >= 15 is 0 Å². The molecule has 0 bridgehead atoms. The highest BCUT2D eigenvalue weighted by atomic mass is 19.1. The van der Waals surface area contributed by atoms with E-state index in [0.29, 0.717) is 17.7 Å². The van der Waals surface area contributed by atoms with Crippen LogP contribution in [0.1, 0.15) is 60.6 Å². The average molecular weight is 498 g/mol. The van der Waals surface area contributed by atoms with Crippen LogP contribution in [0.4, 0.5) is 4.39 Å². The smallest absolute Gasteiger partial charge is 0.261 e. The quantitative estimate of drug-likeness (QED) is 0.454. The number of imide groups is 1. The number of nitriles is 1. The van der Waals surface area contributed by atoms with Crippen molar-refractivity contribution in [1.29, 1.82) is 5.26 Å². The van der Waals surface area contributed by atoms with Crippen LogP contribution < -0.4 is 0 Å². The van der Waals surface area contributed by atoms with E-state index in [-0.39, 0.29) is 54.2 Å². The Balaban J connectivity index is 1.41. The molecule has 0 saturated carbocycles. The molecule has 0 spiro atoms. The molecule has 1 atom stereocenters. The molecule has 0 radical (unpaired) electrons. The third-order valence-corrected chi connectivity index (χ3v) is 6.63. The van der Waals surface area contributed by atoms with Crippen molar-refractivity contribution in [3.8, 4) is 6.07 Å². The van der Waals surface area contributed by atoms with Crippen molar-refractivity contribution >= 4 is 17.7 Å². The number of hydrogen-bond acceptors (Lipinski definition) is 5. The molecule has 0 N–H and O–H groups in total. The third-order valence-electron chi connectivity index (χ3n) is 6.63. The van der Waals surface area contributed by atoms with Crippen LogP contribution in [-0.2, 0) is 17.8 Å². The van der Waals surface area contributed by atoms with Gasteiger partial charge in [-0.25, -0.2) is 4.39 Å². The second-order valence-electron chi connectivity index (χ2n) is 9.22. The summed E-state index contributed by atoms with van der Waals surface area (Å²) in [7, 11) is 0. The summed E-state index contributed by atoms with van der Waals surface area (Å²) in [5, 5.41) is 9.07. The van der Waals surface area contributed by atoms with E-state index in [1.807, 2.05) is 0 Å². The molecule has 1 saturated heterocycles. The fourth-order valence-corrected chi connectivity index (χ4v) is 4.72. The van der Waals surface area contributed by atoms with E-state index < -0.39 is 11.7 Å². The second kappa shape index (κ2) is 10.3. The molecule has 2 aliphatic rings. The van der Waals surface area contributed by atoms with Crippen LogP contribution in [-0.4, -0.2) is 46.8 Å². The van der Waals surface area contributed by atoms with Gasteiger partial charge in [0, 0.05) is 25.3 Å². The Morgan fingerprint density at radius 1 is 1.00 bits per heavy atom. The molecule has 7 nitrogen and oxygen atoms in total. The van der Waals surface area contributed by atoms with Gasteiger partial charge in [0.2, 0.25) is 0 Å². The number of nitrogens with zero attached hydrogens (tertiary/aromatic N) is 3. The van der Waals surface area contributed by atoms with Crippen LogP contribution in [0, 0.1) is 17.1 Å². The van der Waals surface area contributed by atoms with E-state index in [0.717, 1.165) is 18.4 Å². The SMILES string of the molecule is N#Cc1ccc(CN(Cc2cccc(F)c2)C(=O)c2ccc3c(c2)C(=O)N(CC2CCCO2)C3=O)cc1. The highest BCUT2D eigenvalue weighted by Crippen LogP contribution is 2.27. The maximum absolute atomic E-state index is 13.8. The van der Waals surface area contributed by atoms with Crippen LogP contribution in [0.5, 0.6) is 0 Å². The maximum atomic E-state index is 13.8. The zero-order valence-electron chi connectivity index (χ0n) is 20.0. The molecule has 1 fully saturated rings. The van der Waals surface area contributed by atoms with Gasteiger partial charge in [-0.05, 0) is 66.4 Å². The fourth-order valence-electron chi connectivity index (χ4n) is 4.72. The first-order valence-corrected chi connectivity index (χ1v) is 12.1. The minimum absolute atomic E-state index is 0.131. The molecule has 0 aromatic heterocycles. The first kappa shape index (κ1) is 24.3. The van der Waals surface area contributed by atoms with Gasteiger partial charge in [0.25, 0.3) is 17.7 Å². The van der Waals surface area contributed by atoms with Gasteiger partial charge in [0.15, 0.2) is 0 Å². The number of carbonyl (C=O) groups excluding carboxylic acids is 3. The molecule has 37 heavy (non-hydrogen) atoms. The molecule has 8 heteroatoms. The van der Waals surface area contributed by atoms with Gasteiger partial charge in [0.05, 0.1) is 35.4 Å². The lowest BCUT2D eigenvalue weighted by Gasteiger charge is -2.23. The topological polar surface area (TPSA) is 90.7 Å². The van der Waals surface area contributed by atoms with Gasteiger partial charge in [-0.2, -0.15) is 5.26 Å². The normalized spacial score (nSPS) is 16.5. The Morgan fingerprint density at radius 2 is 1.76 bits per heavy atom. The largest absolute Gasteiger partial charge is 0.376 e. The number of ether oxygens (including phenoxy) is 1. The first-order valence-electron chi connectivity index (χ1n) is 12.1. The summed E-state index contributed by atoms with van der Waals surface area (Å²) < 4.78 is 19.4. The van der Waals surface area contributed by atoms with Crippen molar-refractivity contribution < 1.29 is 23.5 Å². The fraction of sp³-hybridized carbons (Fsp3) is 0.241. The molecular weight excluding hydrogens is 473 g/mol. The Hall–Kier alpha value is -4.35. The Kier molecular flexibility index (Phi) is 6.80. The molecule has 0 aliphatic carbocycles. The molecule has 3 aromatic rings. The summed E-state index contributed by atoms with van der Waals surface area (Å²) in [6.07, 6.45) is 1.52. The summed E-state index contributed by atoms with van der Waals surface area (Å²) >= 11 is 0. The standard InChI is InChI=1S/C29H24FN3O4/c30-23-4-1-3-21(13-23)17-32(16-20-8-6-19(15-31)7-9-20)27(34)22-10-11-25-26(14-22)29(36)33(28(25)35)18-24-5-2-12-37-24/h1,3-4,6-11,13-14,24H,2,5,12,16-18H2. The molecule has 3 amide bonds. The highest BCUT2D eigenvalue weighted by Gasteiger charge is 2.38. The predicted molar refractivity (Wildman–Crippen MR) is 132 cm³/mol. The summed E-state index contributed by atoms with van der Waals surface area (Å²) in [4.78, 5) is 42.3. The number of fused-ring (bicyclic) bond motifs is 1. The number of hydrogen-bond donors (Lipinski definition) is 0. The molecule has 1 unspecified atom stereocenters. The zero-order valence-corrected chi connectivity index (χ0v) is 20.0. The lowest BCUT2D eigenvalue weighted by molar-refractivity contribution is 0.0475. The van der Waals surface area contributed by atoms with Crippen LogP contribution in [0.2, 0.25) is 0 Å². The summed E-state index contributed by atoms with van der Waals surface area (Å²) in [6, 6.07) is 19.5. The van der Waals surface area contributed by atoms with Gasteiger partial charge in [-0.3, -0.25) is 19.3 Å². The number of rotatable bonds is 7. The lowest BCUT2D eigenvalue weighted by atomic mass is 10.0. The number of benzene rings is 3. The maximum Gasteiger partial charge on any atom is 0.261 e. The molecule has 2 heterocycles. The lowest BCUT2D eigenvalue weighted by Crippen LogP contribution is -2.36. The van der Waals surface area contributed by atoms with E-state index in [1.54, 1.807) is 47.4 Å². The average Bonchev–Trinajstić information content (AvgIpc) is 3.51. The van der Waals surface area contributed by atoms with Crippen LogP contribution in [0.15, 0.2) is 66.7 Å². The molecule has 5 rings (SSSR count). The van der Waals surface area contributed by atoms with Crippen LogP contribution >= 0.6 is 0 Å².